The number of phenolic OH excluding ortho intramolecular Hbond substituents is 2. The molecule has 1 amide bonds. The first-order chi connectivity index (χ1) is 9.77. The summed E-state index contributed by atoms with van der Waals surface area (Å²) < 4.78 is 22.5. The first-order valence-corrected chi connectivity index (χ1v) is 7.96. The molecule has 21 heavy (non-hydrogen) atoms. The molecule has 1 aliphatic rings. The van der Waals surface area contributed by atoms with Crippen LogP contribution in [-0.2, 0) is 21.1 Å². The Balaban J connectivity index is 1.94. The number of nitrogens with one attached hydrogen (secondary N) is 1. The molecular weight excluding hydrogens is 296 g/mol. The third kappa shape index (κ3) is 3.96. The summed E-state index contributed by atoms with van der Waals surface area (Å²) >= 11 is 0. The van der Waals surface area contributed by atoms with Crippen molar-refractivity contribution in [2.45, 2.75) is 18.5 Å². The molecule has 1 aromatic rings. The standard InChI is InChI=1S/C13H16N2O5S/c14-10(5-8-1-2-11(16)12(17)6-8)13(18)15-9-3-4-21(19,20)7-9/h1-4,6,9-10,16-17H,5,7,14H2,(H,15,18)/t9?,10-/m0/s1. The van der Waals surface area contributed by atoms with Crippen LogP contribution in [0.4, 0.5) is 0 Å². The molecule has 0 bridgehead atoms. The predicted molar refractivity (Wildman–Crippen MR) is 76.3 cm³/mol. The SMILES string of the molecule is N[C@@H](Cc1ccc(O)c(O)c1)C(=O)NC1C=CS(=O)(=O)C1. The molecule has 0 saturated heterocycles. The van der Waals surface area contributed by atoms with Crippen LogP contribution in [-0.4, -0.2) is 42.4 Å². The molecule has 7 nitrogen and oxygen atoms in total. The van der Waals surface area contributed by atoms with Gasteiger partial charge in [-0.3, -0.25) is 4.79 Å². The molecule has 114 valence electrons. The second-order valence-electron chi connectivity index (χ2n) is 4.91. The minimum atomic E-state index is -3.23. The smallest absolute Gasteiger partial charge is 0.237 e. The number of nitrogens with two attached hydrogens (primary N) is 1. The Morgan fingerprint density at radius 2 is 2.10 bits per heavy atom. The maximum atomic E-state index is 11.9. The molecule has 0 spiro atoms. The second kappa shape index (κ2) is 5.74. The van der Waals surface area contributed by atoms with Crippen LogP contribution in [0.3, 0.4) is 0 Å². The van der Waals surface area contributed by atoms with E-state index in [0.717, 1.165) is 5.41 Å². The van der Waals surface area contributed by atoms with E-state index in [1.54, 1.807) is 6.07 Å². The molecule has 1 heterocycles. The molecule has 0 aromatic heterocycles. The minimum Gasteiger partial charge on any atom is -0.504 e. The average molecular weight is 312 g/mol. The summed E-state index contributed by atoms with van der Waals surface area (Å²) in [5.41, 5.74) is 6.34. The summed E-state index contributed by atoms with van der Waals surface area (Å²) in [6, 6.07) is 2.72. The first kappa shape index (κ1) is 15.3. The van der Waals surface area contributed by atoms with Gasteiger partial charge in [0.25, 0.3) is 0 Å². The van der Waals surface area contributed by atoms with E-state index in [-0.39, 0.29) is 23.7 Å². The van der Waals surface area contributed by atoms with Crippen LogP contribution in [0.2, 0.25) is 0 Å². The second-order valence-corrected chi connectivity index (χ2v) is 6.84. The van der Waals surface area contributed by atoms with Gasteiger partial charge in [0, 0.05) is 5.41 Å². The average Bonchev–Trinajstić information content (AvgIpc) is 2.73. The van der Waals surface area contributed by atoms with Crippen molar-refractivity contribution in [3.8, 4) is 11.5 Å². The van der Waals surface area contributed by atoms with Crippen LogP contribution in [0.25, 0.3) is 0 Å². The summed E-state index contributed by atoms with van der Waals surface area (Å²) in [6.45, 7) is 0. The third-order valence-corrected chi connectivity index (χ3v) is 4.49. The molecule has 1 aliphatic heterocycles. The zero-order chi connectivity index (χ0) is 15.6. The number of sulfone groups is 1. The van der Waals surface area contributed by atoms with Gasteiger partial charge in [0.1, 0.15) is 0 Å². The third-order valence-electron chi connectivity index (χ3n) is 3.09. The van der Waals surface area contributed by atoms with Crippen molar-refractivity contribution in [3.63, 3.8) is 0 Å². The van der Waals surface area contributed by atoms with Crippen molar-refractivity contribution in [1.82, 2.24) is 5.32 Å². The lowest BCUT2D eigenvalue weighted by Gasteiger charge is -2.15. The molecule has 2 atom stereocenters. The first-order valence-electron chi connectivity index (χ1n) is 6.24. The molecule has 0 fully saturated rings. The van der Waals surface area contributed by atoms with Crippen LogP contribution in [0.1, 0.15) is 5.56 Å². The fourth-order valence-electron chi connectivity index (χ4n) is 2.00. The number of benzene rings is 1. The number of phenols is 2. The topological polar surface area (TPSA) is 130 Å². The van der Waals surface area contributed by atoms with Crippen molar-refractivity contribution >= 4 is 15.7 Å². The Morgan fingerprint density at radius 1 is 1.38 bits per heavy atom. The lowest BCUT2D eigenvalue weighted by Crippen LogP contribution is -2.46. The van der Waals surface area contributed by atoms with E-state index in [1.165, 1.54) is 18.2 Å². The number of rotatable bonds is 4. The summed E-state index contributed by atoms with van der Waals surface area (Å²) in [5.74, 6) is -1.18. The highest BCUT2D eigenvalue weighted by Crippen LogP contribution is 2.25. The van der Waals surface area contributed by atoms with Crippen LogP contribution in [0.15, 0.2) is 29.7 Å². The summed E-state index contributed by atoms with van der Waals surface area (Å²) in [4.78, 5) is 11.9. The molecular formula is C13H16N2O5S. The Labute approximate surface area is 122 Å². The van der Waals surface area contributed by atoms with E-state index < -0.39 is 27.8 Å². The Morgan fingerprint density at radius 3 is 2.67 bits per heavy atom. The van der Waals surface area contributed by atoms with Gasteiger partial charge in [0.2, 0.25) is 5.91 Å². The van der Waals surface area contributed by atoms with Crippen molar-refractivity contribution in [3.05, 3.63) is 35.2 Å². The maximum Gasteiger partial charge on any atom is 0.237 e. The van der Waals surface area contributed by atoms with Gasteiger partial charge in [-0.1, -0.05) is 6.07 Å². The monoisotopic (exact) mass is 312 g/mol. The number of amides is 1. The molecule has 0 radical (unpaired) electrons. The van der Waals surface area contributed by atoms with Crippen molar-refractivity contribution in [2.75, 3.05) is 5.75 Å². The Bertz CT molecular complexity index is 684. The molecule has 8 heteroatoms. The number of hydrogen-bond donors (Lipinski definition) is 4. The number of hydrogen-bond acceptors (Lipinski definition) is 6. The fourth-order valence-corrected chi connectivity index (χ4v) is 3.23. The lowest BCUT2D eigenvalue weighted by atomic mass is 10.1. The van der Waals surface area contributed by atoms with Gasteiger partial charge in [0.05, 0.1) is 17.8 Å². The highest BCUT2D eigenvalue weighted by molar-refractivity contribution is 7.94. The predicted octanol–water partition coefficient (Wildman–Crippen LogP) is -0.605. The number of carbonyl (C=O) groups excluding carboxylic acids is 1. The van der Waals surface area contributed by atoms with E-state index >= 15 is 0 Å². The van der Waals surface area contributed by atoms with Gasteiger partial charge in [-0.05, 0) is 30.2 Å². The largest absolute Gasteiger partial charge is 0.504 e. The van der Waals surface area contributed by atoms with Gasteiger partial charge in [-0.2, -0.15) is 0 Å². The van der Waals surface area contributed by atoms with E-state index in [4.69, 9.17) is 5.73 Å². The van der Waals surface area contributed by atoms with Crippen LogP contribution in [0.5, 0.6) is 11.5 Å². The molecule has 0 aliphatic carbocycles. The minimum absolute atomic E-state index is 0.156. The zero-order valence-corrected chi connectivity index (χ0v) is 11.9. The normalized spacial score (nSPS) is 21.1. The molecule has 0 saturated carbocycles. The van der Waals surface area contributed by atoms with E-state index in [9.17, 15) is 23.4 Å². The zero-order valence-electron chi connectivity index (χ0n) is 11.1. The quantitative estimate of drug-likeness (QED) is 0.549. The molecule has 1 aromatic carbocycles. The van der Waals surface area contributed by atoms with Crippen molar-refractivity contribution in [1.29, 1.82) is 0 Å². The number of carbonyl (C=O) groups is 1. The Hall–Kier alpha value is -2.06. The molecule has 5 N–H and O–H groups in total. The van der Waals surface area contributed by atoms with Gasteiger partial charge < -0.3 is 21.3 Å². The highest BCUT2D eigenvalue weighted by atomic mass is 32.2. The van der Waals surface area contributed by atoms with Crippen molar-refractivity contribution < 1.29 is 23.4 Å². The number of aromatic hydroxyl groups is 2. The molecule has 2 rings (SSSR count). The van der Waals surface area contributed by atoms with E-state index in [1.807, 2.05) is 0 Å². The van der Waals surface area contributed by atoms with E-state index in [2.05, 4.69) is 5.32 Å². The highest BCUT2D eigenvalue weighted by Gasteiger charge is 2.25. The van der Waals surface area contributed by atoms with Crippen LogP contribution in [0, 0.1) is 0 Å². The maximum absolute atomic E-state index is 11.9. The van der Waals surface area contributed by atoms with E-state index in [0.29, 0.717) is 5.56 Å². The summed E-state index contributed by atoms with van der Waals surface area (Å²) in [7, 11) is -3.23. The Kier molecular flexibility index (Phi) is 4.19. The summed E-state index contributed by atoms with van der Waals surface area (Å²) in [6.07, 6.45) is 1.56. The fraction of sp³-hybridized carbons (Fsp3) is 0.308. The van der Waals surface area contributed by atoms with Gasteiger partial charge in [0.15, 0.2) is 21.3 Å². The van der Waals surface area contributed by atoms with Crippen molar-refractivity contribution in [2.24, 2.45) is 5.73 Å². The van der Waals surface area contributed by atoms with Crippen LogP contribution < -0.4 is 11.1 Å². The summed E-state index contributed by atoms with van der Waals surface area (Å²) in [5, 5.41) is 22.2. The van der Waals surface area contributed by atoms with Gasteiger partial charge in [-0.15, -0.1) is 0 Å². The van der Waals surface area contributed by atoms with Crippen LogP contribution >= 0.6 is 0 Å². The molecule has 1 unspecified atom stereocenters. The lowest BCUT2D eigenvalue weighted by molar-refractivity contribution is -0.122. The van der Waals surface area contributed by atoms with Gasteiger partial charge >= 0.3 is 0 Å². The van der Waals surface area contributed by atoms with Gasteiger partial charge in [-0.25, -0.2) is 8.42 Å².